The van der Waals surface area contributed by atoms with Gasteiger partial charge in [0.15, 0.2) is 0 Å². The van der Waals surface area contributed by atoms with Crippen molar-refractivity contribution in [2.75, 3.05) is 13.1 Å². The average molecular weight is 261 g/mol. The summed E-state index contributed by atoms with van der Waals surface area (Å²) in [6.45, 7) is 3.04. The minimum absolute atomic E-state index is 0.0615. The number of likely N-dealkylation sites (tertiary alicyclic amines) is 1. The highest BCUT2D eigenvalue weighted by atomic mass is 16.4. The molecule has 0 saturated carbocycles. The van der Waals surface area contributed by atoms with Crippen LogP contribution in [0.25, 0.3) is 0 Å². The predicted molar refractivity (Wildman–Crippen MR) is 72.1 cm³/mol. The number of carboxylic acid groups (broad SMARTS) is 1. The summed E-state index contributed by atoms with van der Waals surface area (Å²) in [5, 5.41) is 9.04. The van der Waals surface area contributed by atoms with Crippen LogP contribution < -0.4 is 0 Å². The lowest BCUT2D eigenvalue weighted by Crippen LogP contribution is -2.42. The molecule has 0 unspecified atom stereocenters. The molecule has 19 heavy (non-hydrogen) atoms. The zero-order chi connectivity index (χ0) is 13.8. The van der Waals surface area contributed by atoms with Crippen LogP contribution in [0.4, 0.5) is 0 Å². The lowest BCUT2D eigenvalue weighted by Gasteiger charge is -2.30. The van der Waals surface area contributed by atoms with Crippen LogP contribution in [0, 0.1) is 5.92 Å². The minimum atomic E-state index is -0.807. The van der Waals surface area contributed by atoms with Crippen LogP contribution in [0.2, 0.25) is 0 Å². The first-order chi connectivity index (χ1) is 9.11. The zero-order valence-electron chi connectivity index (χ0n) is 11.1. The number of aryl methyl sites for hydroxylation is 1. The van der Waals surface area contributed by atoms with Gasteiger partial charge >= 0.3 is 5.97 Å². The molecule has 1 fully saturated rings. The van der Waals surface area contributed by atoms with E-state index in [0.29, 0.717) is 25.1 Å². The molecular formula is C15H19NO3. The normalized spacial score (nSPS) is 19.2. The van der Waals surface area contributed by atoms with Crippen molar-refractivity contribution in [1.82, 2.24) is 4.90 Å². The smallest absolute Gasteiger partial charge is 0.308 e. The molecule has 1 N–H and O–H groups in total. The maximum absolute atomic E-state index is 12.3. The van der Waals surface area contributed by atoms with E-state index in [0.717, 1.165) is 12.8 Å². The summed E-state index contributed by atoms with van der Waals surface area (Å²) >= 11 is 0. The quantitative estimate of drug-likeness (QED) is 0.907. The molecule has 0 bridgehead atoms. The number of carbonyl (C=O) groups is 2. The van der Waals surface area contributed by atoms with E-state index in [-0.39, 0.29) is 5.91 Å². The Morgan fingerprint density at radius 3 is 2.58 bits per heavy atom. The lowest BCUT2D eigenvalue weighted by molar-refractivity contribution is -0.143. The van der Waals surface area contributed by atoms with Gasteiger partial charge in [0.05, 0.1) is 5.92 Å². The Kier molecular flexibility index (Phi) is 4.20. The third-order valence-electron chi connectivity index (χ3n) is 3.67. The fraction of sp³-hybridized carbons (Fsp3) is 0.467. The Morgan fingerprint density at radius 2 is 2.00 bits per heavy atom. The third kappa shape index (κ3) is 3.13. The van der Waals surface area contributed by atoms with Crippen molar-refractivity contribution in [2.24, 2.45) is 5.92 Å². The van der Waals surface area contributed by atoms with Crippen molar-refractivity contribution >= 4 is 11.9 Å². The standard InChI is InChI=1S/C15H19NO3/c1-2-11-5-7-12(8-6-11)14(17)16-9-3-4-13(10-16)15(18)19/h5-8,13H,2-4,9-10H2,1H3,(H,18,19)/t13-/m0/s1. The number of piperidine rings is 1. The molecule has 1 amide bonds. The van der Waals surface area contributed by atoms with Gasteiger partial charge in [-0.05, 0) is 37.0 Å². The predicted octanol–water partition coefficient (Wildman–Crippen LogP) is 2.19. The Bertz CT molecular complexity index is 467. The first kappa shape index (κ1) is 13.6. The Hall–Kier alpha value is -1.84. The van der Waals surface area contributed by atoms with Gasteiger partial charge < -0.3 is 10.0 Å². The Balaban J connectivity index is 2.07. The van der Waals surface area contributed by atoms with Crippen LogP contribution in [0.1, 0.15) is 35.7 Å². The van der Waals surface area contributed by atoms with Crippen molar-refractivity contribution in [3.8, 4) is 0 Å². The van der Waals surface area contributed by atoms with Crippen molar-refractivity contribution in [3.63, 3.8) is 0 Å². The van der Waals surface area contributed by atoms with Crippen LogP contribution >= 0.6 is 0 Å². The highest BCUT2D eigenvalue weighted by Crippen LogP contribution is 2.19. The molecule has 1 atom stereocenters. The molecule has 102 valence electrons. The Morgan fingerprint density at radius 1 is 1.32 bits per heavy atom. The summed E-state index contributed by atoms with van der Waals surface area (Å²) < 4.78 is 0. The number of aliphatic carboxylic acids is 1. The Labute approximate surface area is 113 Å². The summed E-state index contributed by atoms with van der Waals surface area (Å²) in [4.78, 5) is 25.0. The zero-order valence-corrected chi connectivity index (χ0v) is 11.1. The number of rotatable bonds is 3. The van der Waals surface area contributed by atoms with E-state index in [4.69, 9.17) is 5.11 Å². The molecule has 0 aliphatic carbocycles. The first-order valence-corrected chi connectivity index (χ1v) is 6.73. The second kappa shape index (κ2) is 5.87. The van der Waals surface area contributed by atoms with Crippen molar-refractivity contribution in [1.29, 1.82) is 0 Å². The van der Waals surface area contributed by atoms with Crippen molar-refractivity contribution in [3.05, 3.63) is 35.4 Å². The summed E-state index contributed by atoms with van der Waals surface area (Å²) in [5.74, 6) is -1.29. The van der Waals surface area contributed by atoms with Crippen LogP contribution in [0.3, 0.4) is 0 Å². The summed E-state index contributed by atoms with van der Waals surface area (Å²) in [6.07, 6.45) is 2.36. The molecule has 4 nitrogen and oxygen atoms in total. The van der Waals surface area contributed by atoms with E-state index in [1.165, 1.54) is 5.56 Å². The van der Waals surface area contributed by atoms with Gasteiger partial charge in [0, 0.05) is 18.7 Å². The average Bonchev–Trinajstić information content (AvgIpc) is 2.46. The molecule has 1 saturated heterocycles. The number of hydrogen-bond donors (Lipinski definition) is 1. The lowest BCUT2D eigenvalue weighted by atomic mass is 9.97. The second-order valence-electron chi connectivity index (χ2n) is 4.98. The molecule has 4 heteroatoms. The first-order valence-electron chi connectivity index (χ1n) is 6.73. The van der Waals surface area contributed by atoms with Gasteiger partial charge in [-0.1, -0.05) is 19.1 Å². The number of benzene rings is 1. The maximum Gasteiger partial charge on any atom is 0.308 e. The number of hydrogen-bond acceptors (Lipinski definition) is 2. The van der Waals surface area contributed by atoms with Gasteiger partial charge in [-0.25, -0.2) is 0 Å². The van der Waals surface area contributed by atoms with E-state index in [1.807, 2.05) is 24.3 Å². The summed E-state index contributed by atoms with van der Waals surface area (Å²) in [5.41, 5.74) is 1.84. The van der Waals surface area contributed by atoms with E-state index >= 15 is 0 Å². The fourth-order valence-corrected chi connectivity index (χ4v) is 2.43. The molecule has 1 heterocycles. The minimum Gasteiger partial charge on any atom is -0.481 e. The maximum atomic E-state index is 12.3. The number of amides is 1. The van der Waals surface area contributed by atoms with Crippen LogP contribution in [-0.4, -0.2) is 35.0 Å². The SMILES string of the molecule is CCc1ccc(C(=O)N2CCC[C@H](C(=O)O)C2)cc1. The van der Waals surface area contributed by atoms with Crippen LogP contribution in [-0.2, 0) is 11.2 Å². The van der Waals surface area contributed by atoms with Crippen LogP contribution in [0.5, 0.6) is 0 Å². The van der Waals surface area contributed by atoms with Gasteiger partial charge in [0.1, 0.15) is 0 Å². The largest absolute Gasteiger partial charge is 0.481 e. The molecule has 1 aromatic carbocycles. The number of nitrogens with zero attached hydrogens (tertiary/aromatic N) is 1. The third-order valence-corrected chi connectivity index (χ3v) is 3.67. The van der Waals surface area contributed by atoms with E-state index in [9.17, 15) is 9.59 Å². The number of carbonyl (C=O) groups excluding carboxylic acids is 1. The molecule has 0 spiro atoms. The summed E-state index contributed by atoms with van der Waals surface area (Å²) in [7, 11) is 0. The molecule has 1 aromatic rings. The fourth-order valence-electron chi connectivity index (χ4n) is 2.43. The topological polar surface area (TPSA) is 57.6 Å². The highest BCUT2D eigenvalue weighted by molar-refractivity contribution is 5.94. The van der Waals surface area contributed by atoms with E-state index in [1.54, 1.807) is 4.90 Å². The van der Waals surface area contributed by atoms with Gasteiger partial charge in [-0.2, -0.15) is 0 Å². The number of carboxylic acids is 1. The summed E-state index contributed by atoms with van der Waals surface area (Å²) in [6, 6.07) is 7.55. The highest BCUT2D eigenvalue weighted by Gasteiger charge is 2.28. The van der Waals surface area contributed by atoms with Crippen molar-refractivity contribution < 1.29 is 14.7 Å². The van der Waals surface area contributed by atoms with E-state index in [2.05, 4.69) is 6.92 Å². The molecule has 0 radical (unpaired) electrons. The molecule has 0 aromatic heterocycles. The van der Waals surface area contributed by atoms with Gasteiger partial charge in [0.25, 0.3) is 5.91 Å². The second-order valence-corrected chi connectivity index (χ2v) is 4.98. The van der Waals surface area contributed by atoms with Gasteiger partial charge in [-0.15, -0.1) is 0 Å². The van der Waals surface area contributed by atoms with E-state index < -0.39 is 11.9 Å². The molecular weight excluding hydrogens is 242 g/mol. The molecule has 1 aliphatic heterocycles. The molecule has 2 rings (SSSR count). The van der Waals surface area contributed by atoms with Gasteiger partial charge in [-0.3, -0.25) is 9.59 Å². The van der Waals surface area contributed by atoms with Crippen LogP contribution in [0.15, 0.2) is 24.3 Å². The molecule has 1 aliphatic rings. The monoisotopic (exact) mass is 261 g/mol. The van der Waals surface area contributed by atoms with Crippen molar-refractivity contribution in [2.45, 2.75) is 26.2 Å². The van der Waals surface area contributed by atoms with Gasteiger partial charge in [0.2, 0.25) is 0 Å².